The molecule has 1 saturated heterocycles. The maximum absolute atomic E-state index is 12.8. The van der Waals surface area contributed by atoms with Crippen LogP contribution in [-0.4, -0.2) is 33.2 Å². The topological polar surface area (TPSA) is 93.3 Å². The van der Waals surface area contributed by atoms with E-state index < -0.39 is 4.92 Å². The van der Waals surface area contributed by atoms with Gasteiger partial charge in [-0.05, 0) is 25.3 Å². The molecule has 0 unspecified atom stereocenters. The number of nitro groups is 1. The van der Waals surface area contributed by atoms with E-state index in [2.05, 4.69) is 10.4 Å². The van der Waals surface area contributed by atoms with Crippen molar-refractivity contribution in [2.24, 2.45) is 7.05 Å². The highest BCUT2D eigenvalue weighted by Gasteiger charge is 2.31. The molecule has 1 N–H and O–H groups in total. The molecule has 2 aromatic rings. The third kappa shape index (κ3) is 3.69. The molecule has 2 heterocycles. The predicted molar refractivity (Wildman–Crippen MR) is 93.2 cm³/mol. The molecule has 1 fully saturated rings. The Morgan fingerprint density at radius 1 is 1.44 bits per heavy atom. The normalized spacial score (nSPS) is 19.0. The van der Waals surface area contributed by atoms with Gasteiger partial charge in [0.15, 0.2) is 0 Å². The van der Waals surface area contributed by atoms with E-state index in [0.717, 1.165) is 24.1 Å². The minimum Gasteiger partial charge on any atom is -0.308 e. The molecule has 3 rings (SSSR count). The summed E-state index contributed by atoms with van der Waals surface area (Å²) in [6.45, 7) is 2.59. The number of anilines is 1. The van der Waals surface area contributed by atoms with Gasteiger partial charge >= 0.3 is 0 Å². The lowest BCUT2D eigenvalue weighted by atomic mass is 10.0. The lowest BCUT2D eigenvalue weighted by molar-refractivity contribution is -0.384. The van der Waals surface area contributed by atoms with E-state index in [1.807, 2.05) is 26.2 Å². The molecular weight excluding hydrogens is 322 g/mol. The predicted octanol–water partition coefficient (Wildman–Crippen LogP) is 2.17. The Labute approximate surface area is 145 Å². The van der Waals surface area contributed by atoms with Crippen LogP contribution in [-0.2, 0) is 11.8 Å². The first-order valence-corrected chi connectivity index (χ1v) is 8.26. The third-order valence-corrected chi connectivity index (χ3v) is 4.47. The highest BCUT2D eigenvalue weighted by Crippen LogP contribution is 2.24. The number of benzene rings is 1. The van der Waals surface area contributed by atoms with Gasteiger partial charge < -0.3 is 4.90 Å². The van der Waals surface area contributed by atoms with Crippen molar-refractivity contribution >= 4 is 17.3 Å². The molecule has 132 valence electrons. The summed E-state index contributed by atoms with van der Waals surface area (Å²) in [5.41, 5.74) is 1.64. The van der Waals surface area contributed by atoms with Gasteiger partial charge in [-0.25, -0.2) is 0 Å². The molecule has 1 aromatic heterocycles. The molecule has 0 saturated carbocycles. The average molecular weight is 343 g/mol. The standard InChI is InChI=1S/C17H21N5O3/c1-12(13-5-3-6-14(9-13)22(24)25)19-16-7-4-8-21(17(16)23)15-10-18-20(2)11-15/h3,5-6,9-12,16,19H,4,7-8H2,1-2H3/t12-,16-/m1/s1. The number of amides is 1. The maximum Gasteiger partial charge on any atom is 0.269 e. The van der Waals surface area contributed by atoms with Gasteiger partial charge in [0.1, 0.15) is 0 Å². The van der Waals surface area contributed by atoms with Gasteiger partial charge in [0, 0.05) is 38.0 Å². The third-order valence-electron chi connectivity index (χ3n) is 4.47. The maximum atomic E-state index is 12.8. The Morgan fingerprint density at radius 2 is 2.24 bits per heavy atom. The first-order chi connectivity index (χ1) is 12.0. The van der Waals surface area contributed by atoms with Gasteiger partial charge in [0.2, 0.25) is 5.91 Å². The number of non-ortho nitro benzene ring substituents is 1. The van der Waals surface area contributed by atoms with Gasteiger partial charge in [0.25, 0.3) is 5.69 Å². The lowest BCUT2D eigenvalue weighted by Gasteiger charge is -2.33. The highest BCUT2D eigenvalue weighted by molar-refractivity contribution is 5.97. The van der Waals surface area contributed by atoms with Crippen LogP contribution in [0.1, 0.15) is 31.4 Å². The average Bonchev–Trinajstić information content (AvgIpc) is 3.03. The van der Waals surface area contributed by atoms with Gasteiger partial charge in [-0.2, -0.15) is 5.10 Å². The Morgan fingerprint density at radius 3 is 2.92 bits per heavy atom. The minimum atomic E-state index is -0.411. The van der Waals surface area contributed by atoms with Crippen molar-refractivity contribution in [3.05, 3.63) is 52.3 Å². The fourth-order valence-corrected chi connectivity index (χ4v) is 3.14. The van der Waals surface area contributed by atoms with E-state index in [1.165, 1.54) is 6.07 Å². The van der Waals surface area contributed by atoms with Gasteiger partial charge in [-0.1, -0.05) is 12.1 Å². The molecule has 8 heteroatoms. The smallest absolute Gasteiger partial charge is 0.269 e. The molecular formula is C17H21N5O3. The van der Waals surface area contributed by atoms with Crippen molar-refractivity contribution in [2.45, 2.75) is 31.8 Å². The molecule has 1 aliphatic rings. The molecule has 0 bridgehead atoms. The second-order valence-corrected chi connectivity index (χ2v) is 6.30. The van der Waals surface area contributed by atoms with Crippen LogP contribution < -0.4 is 10.2 Å². The molecule has 25 heavy (non-hydrogen) atoms. The number of aromatic nitrogens is 2. The van der Waals surface area contributed by atoms with Crippen LogP contribution in [0.2, 0.25) is 0 Å². The number of carbonyl (C=O) groups is 1. The minimum absolute atomic E-state index is 0.0107. The fraction of sp³-hybridized carbons (Fsp3) is 0.412. The van der Waals surface area contributed by atoms with E-state index in [1.54, 1.807) is 27.9 Å². The molecule has 1 aliphatic heterocycles. The molecule has 8 nitrogen and oxygen atoms in total. The van der Waals surface area contributed by atoms with E-state index in [-0.39, 0.29) is 23.7 Å². The van der Waals surface area contributed by atoms with Crippen molar-refractivity contribution in [3.8, 4) is 0 Å². The van der Waals surface area contributed by atoms with Gasteiger partial charge in [-0.3, -0.25) is 24.9 Å². The molecule has 0 aliphatic carbocycles. The number of nitrogens with zero attached hydrogens (tertiary/aromatic N) is 4. The Bertz CT molecular complexity index is 788. The zero-order valence-corrected chi connectivity index (χ0v) is 14.3. The Balaban J connectivity index is 1.72. The zero-order chi connectivity index (χ0) is 18.0. The monoisotopic (exact) mass is 343 g/mol. The van der Waals surface area contributed by atoms with Crippen LogP contribution in [0, 0.1) is 10.1 Å². The number of aryl methyl sites for hydroxylation is 1. The molecule has 2 atom stereocenters. The summed E-state index contributed by atoms with van der Waals surface area (Å²) in [5.74, 6) is 0.0107. The second kappa shape index (κ2) is 7.02. The highest BCUT2D eigenvalue weighted by atomic mass is 16.6. The molecule has 0 radical (unpaired) electrons. The quantitative estimate of drug-likeness (QED) is 0.663. The summed E-state index contributed by atoms with van der Waals surface area (Å²) in [5, 5.41) is 18.4. The SMILES string of the molecule is C[C@@H](N[C@@H]1CCCN(c2cnn(C)c2)C1=O)c1cccc([N+](=O)[O-])c1. The number of rotatable bonds is 5. The van der Waals surface area contributed by atoms with Gasteiger partial charge in [-0.15, -0.1) is 0 Å². The van der Waals surface area contributed by atoms with Crippen molar-refractivity contribution in [1.29, 1.82) is 0 Å². The van der Waals surface area contributed by atoms with Crippen molar-refractivity contribution < 1.29 is 9.72 Å². The first kappa shape index (κ1) is 17.1. The Hall–Kier alpha value is -2.74. The second-order valence-electron chi connectivity index (χ2n) is 6.30. The van der Waals surface area contributed by atoms with E-state index in [4.69, 9.17) is 0 Å². The summed E-state index contributed by atoms with van der Waals surface area (Å²) in [7, 11) is 1.82. The summed E-state index contributed by atoms with van der Waals surface area (Å²) >= 11 is 0. The van der Waals surface area contributed by atoms with E-state index in [9.17, 15) is 14.9 Å². The zero-order valence-electron chi connectivity index (χ0n) is 14.3. The number of hydrogen-bond donors (Lipinski definition) is 1. The van der Waals surface area contributed by atoms with E-state index >= 15 is 0 Å². The largest absolute Gasteiger partial charge is 0.308 e. The number of nitrogens with one attached hydrogen (secondary N) is 1. The first-order valence-electron chi connectivity index (χ1n) is 8.26. The van der Waals surface area contributed by atoms with Gasteiger partial charge in [0.05, 0.1) is 22.8 Å². The number of nitro benzene ring substituents is 1. The van der Waals surface area contributed by atoms with Crippen LogP contribution in [0.25, 0.3) is 0 Å². The summed E-state index contributed by atoms with van der Waals surface area (Å²) in [6, 6.07) is 6.02. The van der Waals surface area contributed by atoms with Crippen LogP contribution in [0.5, 0.6) is 0 Å². The van der Waals surface area contributed by atoms with Crippen molar-refractivity contribution in [1.82, 2.24) is 15.1 Å². The molecule has 0 spiro atoms. The molecule has 1 aromatic carbocycles. The van der Waals surface area contributed by atoms with Crippen LogP contribution >= 0.6 is 0 Å². The molecule has 1 amide bonds. The number of piperidine rings is 1. The number of hydrogen-bond acceptors (Lipinski definition) is 5. The Kier molecular flexibility index (Phi) is 4.80. The summed E-state index contributed by atoms with van der Waals surface area (Å²) < 4.78 is 1.67. The van der Waals surface area contributed by atoms with Crippen molar-refractivity contribution in [3.63, 3.8) is 0 Å². The van der Waals surface area contributed by atoms with Crippen LogP contribution in [0.15, 0.2) is 36.7 Å². The summed E-state index contributed by atoms with van der Waals surface area (Å²) in [4.78, 5) is 25.1. The van der Waals surface area contributed by atoms with Crippen LogP contribution in [0.3, 0.4) is 0 Å². The lowest BCUT2D eigenvalue weighted by Crippen LogP contribution is -2.51. The fourth-order valence-electron chi connectivity index (χ4n) is 3.14. The number of carbonyl (C=O) groups excluding carboxylic acids is 1. The van der Waals surface area contributed by atoms with E-state index in [0.29, 0.717) is 6.54 Å². The van der Waals surface area contributed by atoms with Crippen molar-refractivity contribution in [2.75, 3.05) is 11.4 Å². The van der Waals surface area contributed by atoms with Crippen LogP contribution in [0.4, 0.5) is 11.4 Å². The summed E-state index contributed by atoms with van der Waals surface area (Å²) in [6.07, 6.45) is 5.14.